The van der Waals surface area contributed by atoms with Crippen molar-refractivity contribution in [1.82, 2.24) is 24.5 Å². The summed E-state index contributed by atoms with van der Waals surface area (Å²) in [5.41, 5.74) is 3.09. The van der Waals surface area contributed by atoms with Gasteiger partial charge in [-0.3, -0.25) is 4.40 Å². The van der Waals surface area contributed by atoms with Gasteiger partial charge in [0.15, 0.2) is 11.6 Å². The third kappa shape index (κ3) is 3.30. The highest BCUT2D eigenvalue weighted by molar-refractivity contribution is 6.36. The zero-order valence-corrected chi connectivity index (χ0v) is 17.9. The summed E-state index contributed by atoms with van der Waals surface area (Å²) in [6.45, 7) is 3.69. The predicted molar refractivity (Wildman–Crippen MR) is 118 cm³/mol. The number of fused-ring (bicyclic) bond motifs is 3. The van der Waals surface area contributed by atoms with Crippen LogP contribution in [0.5, 0.6) is 0 Å². The summed E-state index contributed by atoms with van der Waals surface area (Å²) >= 11 is 18.9. The summed E-state index contributed by atoms with van der Waals surface area (Å²) in [6.07, 6.45) is 0. The molecule has 0 radical (unpaired) electrons. The molecule has 0 N–H and O–H groups in total. The number of likely N-dealkylation sites (N-methyl/N-ethyl adjacent to an activating group) is 1. The van der Waals surface area contributed by atoms with Crippen molar-refractivity contribution in [3.63, 3.8) is 0 Å². The number of piperazine rings is 1. The summed E-state index contributed by atoms with van der Waals surface area (Å²) in [4.78, 5) is 9.47. The lowest BCUT2D eigenvalue weighted by atomic mass is 10.2. The van der Waals surface area contributed by atoms with Crippen LogP contribution in [-0.4, -0.2) is 57.7 Å². The van der Waals surface area contributed by atoms with Crippen molar-refractivity contribution in [3.8, 4) is 11.4 Å². The molecule has 0 atom stereocenters. The van der Waals surface area contributed by atoms with Crippen LogP contribution < -0.4 is 4.90 Å². The molecule has 1 saturated heterocycles. The van der Waals surface area contributed by atoms with Gasteiger partial charge in [0, 0.05) is 41.8 Å². The van der Waals surface area contributed by atoms with Gasteiger partial charge >= 0.3 is 0 Å². The fraction of sp³-hybridized carbons (Fsp3) is 0.250. The Bertz CT molecular complexity index is 1230. The van der Waals surface area contributed by atoms with E-state index in [2.05, 4.69) is 27.0 Å². The average Bonchev–Trinajstić information content (AvgIpc) is 3.13. The van der Waals surface area contributed by atoms with E-state index >= 15 is 0 Å². The highest BCUT2D eigenvalue weighted by Gasteiger charge is 2.23. The van der Waals surface area contributed by atoms with Gasteiger partial charge in [-0.25, -0.2) is 4.98 Å². The van der Waals surface area contributed by atoms with E-state index in [4.69, 9.17) is 39.8 Å². The second-order valence-corrected chi connectivity index (χ2v) is 8.45. The summed E-state index contributed by atoms with van der Waals surface area (Å²) in [7, 11) is 2.13. The van der Waals surface area contributed by atoms with Crippen LogP contribution in [0.2, 0.25) is 15.1 Å². The number of rotatable bonds is 2. The molecule has 0 spiro atoms. The van der Waals surface area contributed by atoms with Gasteiger partial charge in [0.1, 0.15) is 0 Å². The SMILES string of the molecule is CN1CCN(c2nc3ccc(Cl)cc3n3c(-c4ccc(Cl)cc4Cl)nnc23)CC1. The van der Waals surface area contributed by atoms with Crippen LogP contribution >= 0.6 is 34.8 Å². The molecule has 0 amide bonds. The predicted octanol–water partition coefficient (Wildman–Crippen LogP) is 4.66. The molecule has 1 aliphatic heterocycles. The smallest absolute Gasteiger partial charge is 0.204 e. The zero-order chi connectivity index (χ0) is 20.1. The number of benzene rings is 2. The Balaban J connectivity index is 1.80. The molecule has 9 heteroatoms. The molecule has 4 aromatic rings. The number of aromatic nitrogens is 4. The normalized spacial score (nSPS) is 15.5. The minimum absolute atomic E-state index is 0.514. The molecule has 148 valence electrons. The van der Waals surface area contributed by atoms with Gasteiger partial charge in [0.05, 0.1) is 16.1 Å². The maximum absolute atomic E-state index is 6.49. The Hall–Kier alpha value is -2.12. The second-order valence-electron chi connectivity index (χ2n) is 7.17. The molecule has 3 heterocycles. The van der Waals surface area contributed by atoms with Crippen molar-refractivity contribution in [2.75, 3.05) is 38.1 Å². The Kier molecular flexibility index (Phi) is 4.75. The quantitative estimate of drug-likeness (QED) is 0.447. The highest BCUT2D eigenvalue weighted by atomic mass is 35.5. The fourth-order valence-corrected chi connectivity index (χ4v) is 4.33. The van der Waals surface area contributed by atoms with E-state index in [-0.39, 0.29) is 0 Å². The fourth-order valence-electron chi connectivity index (χ4n) is 3.67. The first-order valence-corrected chi connectivity index (χ1v) is 10.4. The van der Waals surface area contributed by atoms with Crippen LogP contribution in [0.1, 0.15) is 0 Å². The maximum Gasteiger partial charge on any atom is 0.204 e. The first-order valence-electron chi connectivity index (χ1n) is 9.24. The van der Waals surface area contributed by atoms with E-state index in [1.807, 2.05) is 28.7 Å². The van der Waals surface area contributed by atoms with E-state index in [0.717, 1.165) is 48.6 Å². The van der Waals surface area contributed by atoms with Crippen LogP contribution in [0.3, 0.4) is 0 Å². The lowest BCUT2D eigenvalue weighted by Gasteiger charge is -2.33. The highest BCUT2D eigenvalue weighted by Crippen LogP contribution is 2.34. The van der Waals surface area contributed by atoms with Crippen molar-refractivity contribution in [2.24, 2.45) is 0 Å². The Morgan fingerprint density at radius 1 is 0.862 bits per heavy atom. The van der Waals surface area contributed by atoms with Gasteiger partial charge in [0.25, 0.3) is 0 Å². The number of anilines is 1. The van der Waals surface area contributed by atoms with E-state index in [9.17, 15) is 0 Å². The van der Waals surface area contributed by atoms with Crippen molar-refractivity contribution >= 4 is 57.3 Å². The van der Waals surface area contributed by atoms with E-state index < -0.39 is 0 Å². The van der Waals surface area contributed by atoms with Crippen molar-refractivity contribution in [1.29, 1.82) is 0 Å². The molecule has 5 rings (SSSR count). The molecule has 2 aromatic heterocycles. The minimum atomic E-state index is 0.514. The topological polar surface area (TPSA) is 49.6 Å². The number of halogens is 3. The average molecular weight is 448 g/mol. The van der Waals surface area contributed by atoms with Crippen molar-refractivity contribution < 1.29 is 0 Å². The maximum atomic E-state index is 6.49. The Labute approximate surface area is 182 Å². The lowest BCUT2D eigenvalue weighted by molar-refractivity contribution is 0.312. The summed E-state index contributed by atoms with van der Waals surface area (Å²) < 4.78 is 1.98. The van der Waals surface area contributed by atoms with E-state index in [1.165, 1.54) is 0 Å². The monoisotopic (exact) mass is 446 g/mol. The molecule has 0 bridgehead atoms. The first-order chi connectivity index (χ1) is 14.0. The summed E-state index contributed by atoms with van der Waals surface area (Å²) in [5, 5.41) is 10.7. The van der Waals surface area contributed by atoms with Gasteiger partial charge in [-0.1, -0.05) is 34.8 Å². The zero-order valence-electron chi connectivity index (χ0n) is 15.6. The van der Waals surface area contributed by atoms with Gasteiger partial charge in [-0.2, -0.15) is 0 Å². The molecule has 1 fully saturated rings. The minimum Gasteiger partial charge on any atom is -0.351 e. The molecular formula is C20H17Cl3N6. The summed E-state index contributed by atoms with van der Waals surface area (Å²) in [5.74, 6) is 1.45. The first kappa shape index (κ1) is 18.9. The molecule has 6 nitrogen and oxygen atoms in total. The van der Waals surface area contributed by atoms with Crippen LogP contribution in [0.4, 0.5) is 5.82 Å². The third-order valence-electron chi connectivity index (χ3n) is 5.24. The van der Waals surface area contributed by atoms with E-state index in [0.29, 0.717) is 26.5 Å². The van der Waals surface area contributed by atoms with Gasteiger partial charge in [-0.15, -0.1) is 10.2 Å². The molecule has 1 aliphatic rings. The molecule has 0 unspecified atom stereocenters. The third-order valence-corrected chi connectivity index (χ3v) is 6.03. The number of nitrogens with zero attached hydrogens (tertiary/aromatic N) is 6. The Morgan fingerprint density at radius 3 is 2.34 bits per heavy atom. The standard InChI is InChI=1S/C20H17Cl3N6/c1-27-6-8-28(9-7-27)19-20-26-25-18(14-4-2-12(21)10-15(14)23)29(20)17-11-13(22)3-5-16(17)24-19/h2-5,10-11H,6-9H2,1H3. The lowest BCUT2D eigenvalue weighted by Crippen LogP contribution is -2.45. The van der Waals surface area contributed by atoms with Crippen LogP contribution in [0.25, 0.3) is 28.1 Å². The van der Waals surface area contributed by atoms with Crippen LogP contribution in [0, 0.1) is 0 Å². The Morgan fingerprint density at radius 2 is 1.59 bits per heavy atom. The van der Waals surface area contributed by atoms with Gasteiger partial charge in [-0.05, 0) is 43.4 Å². The molecule has 29 heavy (non-hydrogen) atoms. The van der Waals surface area contributed by atoms with Crippen LogP contribution in [0.15, 0.2) is 36.4 Å². The molecular weight excluding hydrogens is 431 g/mol. The summed E-state index contributed by atoms with van der Waals surface area (Å²) in [6, 6.07) is 11.0. The number of hydrogen-bond donors (Lipinski definition) is 0. The van der Waals surface area contributed by atoms with E-state index in [1.54, 1.807) is 12.1 Å². The molecule has 0 aliphatic carbocycles. The molecule has 0 saturated carbocycles. The largest absolute Gasteiger partial charge is 0.351 e. The van der Waals surface area contributed by atoms with Crippen molar-refractivity contribution in [2.45, 2.75) is 0 Å². The van der Waals surface area contributed by atoms with Crippen LogP contribution in [-0.2, 0) is 0 Å². The van der Waals surface area contributed by atoms with Crippen molar-refractivity contribution in [3.05, 3.63) is 51.5 Å². The van der Waals surface area contributed by atoms with Gasteiger partial charge < -0.3 is 9.80 Å². The second kappa shape index (κ2) is 7.29. The molecule has 2 aromatic carbocycles. The number of hydrogen-bond acceptors (Lipinski definition) is 5. The van der Waals surface area contributed by atoms with Gasteiger partial charge in [0.2, 0.25) is 5.65 Å².